The number of anilines is 1. The minimum Gasteiger partial charge on any atom is -0.478 e. The van der Waals surface area contributed by atoms with Gasteiger partial charge in [-0.05, 0) is 38.1 Å². The van der Waals surface area contributed by atoms with Crippen molar-refractivity contribution >= 4 is 33.0 Å². The molecule has 8 heteroatoms. The van der Waals surface area contributed by atoms with Crippen molar-refractivity contribution in [2.75, 3.05) is 4.72 Å². The summed E-state index contributed by atoms with van der Waals surface area (Å²) in [6, 6.07) is 5.49. The van der Waals surface area contributed by atoms with Crippen LogP contribution >= 0.6 is 11.3 Å². The first-order chi connectivity index (χ1) is 9.29. The van der Waals surface area contributed by atoms with Crippen LogP contribution in [0.2, 0.25) is 0 Å². The third-order valence-electron chi connectivity index (χ3n) is 2.49. The van der Waals surface area contributed by atoms with Gasteiger partial charge in [-0.1, -0.05) is 0 Å². The van der Waals surface area contributed by atoms with Crippen LogP contribution in [-0.4, -0.2) is 24.5 Å². The number of nitrogens with one attached hydrogen (secondary N) is 1. The molecular weight excluding hydrogens is 300 g/mol. The number of hydrogen-bond acceptors (Lipinski definition) is 5. The van der Waals surface area contributed by atoms with Crippen molar-refractivity contribution in [3.8, 4) is 0 Å². The predicted molar refractivity (Wildman–Crippen MR) is 75.8 cm³/mol. The molecule has 6 nitrogen and oxygen atoms in total. The number of aryl methyl sites for hydroxylation is 2. The molecule has 0 saturated heterocycles. The average molecular weight is 312 g/mol. The zero-order valence-electron chi connectivity index (χ0n) is 10.7. The van der Waals surface area contributed by atoms with Gasteiger partial charge in [-0.15, -0.1) is 11.3 Å². The smallest absolute Gasteiger partial charge is 0.335 e. The van der Waals surface area contributed by atoms with Crippen LogP contribution in [0.1, 0.15) is 21.1 Å². The average Bonchev–Trinajstić information content (AvgIpc) is 2.69. The van der Waals surface area contributed by atoms with Gasteiger partial charge in [-0.2, -0.15) is 0 Å². The lowest BCUT2D eigenvalue weighted by atomic mass is 10.2. The van der Waals surface area contributed by atoms with Gasteiger partial charge < -0.3 is 5.11 Å². The van der Waals surface area contributed by atoms with Crippen molar-refractivity contribution < 1.29 is 18.3 Å². The van der Waals surface area contributed by atoms with Crippen molar-refractivity contribution in [3.63, 3.8) is 0 Å². The van der Waals surface area contributed by atoms with Crippen LogP contribution in [0.15, 0.2) is 28.5 Å². The molecular formula is C12H12N2O4S2. The standard InChI is InChI=1S/C12H12N2O4S2/c1-7-12(19-8(2)13-7)20(17,18)14-10-5-3-9(4-6-10)11(15)16/h3-6,14H,1-2H3,(H,15,16). The molecule has 106 valence electrons. The third-order valence-corrected chi connectivity index (χ3v) is 5.55. The van der Waals surface area contributed by atoms with E-state index < -0.39 is 16.0 Å². The maximum atomic E-state index is 12.2. The summed E-state index contributed by atoms with van der Waals surface area (Å²) in [5.41, 5.74) is 0.848. The second-order valence-corrected chi connectivity index (χ2v) is 7.17. The summed E-state index contributed by atoms with van der Waals surface area (Å²) in [5, 5.41) is 9.45. The van der Waals surface area contributed by atoms with E-state index in [1.165, 1.54) is 24.3 Å². The molecule has 0 atom stereocenters. The molecule has 1 aromatic carbocycles. The molecule has 2 aromatic rings. The van der Waals surface area contributed by atoms with E-state index in [1.807, 2.05) is 0 Å². The summed E-state index contributed by atoms with van der Waals surface area (Å²) >= 11 is 1.09. The number of thiazole rings is 1. The Labute approximate surface area is 120 Å². The summed E-state index contributed by atoms with van der Waals surface area (Å²) in [5.74, 6) is -1.06. The highest BCUT2D eigenvalue weighted by atomic mass is 32.2. The summed E-state index contributed by atoms with van der Waals surface area (Å²) in [7, 11) is -3.70. The largest absolute Gasteiger partial charge is 0.478 e. The lowest BCUT2D eigenvalue weighted by Crippen LogP contribution is -2.12. The molecule has 0 aliphatic heterocycles. The van der Waals surface area contributed by atoms with E-state index >= 15 is 0 Å². The Hall–Kier alpha value is -1.93. The highest BCUT2D eigenvalue weighted by Crippen LogP contribution is 2.25. The number of carboxylic acid groups (broad SMARTS) is 1. The SMILES string of the molecule is Cc1nc(C)c(S(=O)(=O)Nc2ccc(C(=O)O)cc2)s1. The van der Waals surface area contributed by atoms with Crippen molar-refractivity contribution in [2.24, 2.45) is 0 Å². The van der Waals surface area contributed by atoms with Gasteiger partial charge in [0, 0.05) is 5.69 Å². The number of carboxylic acids is 1. The number of aromatic carboxylic acids is 1. The Morgan fingerprint density at radius 2 is 1.85 bits per heavy atom. The fourth-order valence-corrected chi connectivity index (χ4v) is 4.19. The Morgan fingerprint density at radius 3 is 2.30 bits per heavy atom. The fraction of sp³-hybridized carbons (Fsp3) is 0.167. The van der Waals surface area contributed by atoms with E-state index in [-0.39, 0.29) is 9.77 Å². The van der Waals surface area contributed by atoms with Gasteiger partial charge in [0.1, 0.15) is 0 Å². The monoisotopic (exact) mass is 312 g/mol. The van der Waals surface area contributed by atoms with Gasteiger partial charge >= 0.3 is 5.97 Å². The van der Waals surface area contributed by atoms with Crippen molar-refractivity contribution in [3.05, 3.63) is 40.5 Å². The number of nitrogens with zero attached hydrogens (tertiary/aromatic N) is 1. The third kappa shape index (κ3) is 2.97. The van der Waals surface area contributed by atoms with Crippen LogP contribution in [0.5, 0.6) is 0 Å². The maximum Gasteiger partial charge on any atom is 0.335 e. The Morgan fingerprint density at radius 1 is 1.25 bits per heavy atom. The van der Waals surface area contributed by atoms with Gasteiger partial charge in [0.05, 0.1) is 16.3 Å². The number of hydrogen-bond donors (Lipinski definition) is 2. The molecule has 1 heterocycles. The van der Waals surface area contributed by atoms with Crippen molar-refractivity contribution in [2.45, 2.75) is 18.1 Å². The van der Waals surface area contributed by atoms with E-state index in [0.717, 1.165) is 11.3 Å². The Balaban J connectivity index is 2.28. The highest BCUT2D eigenvalue weighted by Gasteiger charge is 2.21. The zero-order valence-corrected chi connectivity index (χ0v) is 12.4. The number of aromatic nitrogens is 1. The summed E-state index contributed by atoms with van der Waals surface area (Å²) < 4.78 is 27.0. The van der Waals surface area contributed by atoms with Crippen LogP contribution in [0.4, 0.5) is 5.69 Å². The summed E-state index contributed by atoms with van der Waals surface area (Å²) in [6.07, 6.45) is 0. The van der Waals surface area contributed by atoms with Crippen LogP contribution in [-0.2, 0) is 10.0 Å². The minimum absolute atomic E-state index is 0.0952. The highest BCUT2D eigenvalue weighted by molar-refractivity contribution is 7.94. The number of carbonyl (C=O) groups is 1. The van der Waals surface area contributed by atoms with Crippen LogP contribution in [0, 0.1) is 13.8 Å². The molecule has 0 saturated carbocycles. The molecule has 0 spiro atoms. The first-order valence-corrected chi connectivity index (χ1v) is 7.90. The van der Waals surface area contributed by atoms with Crippen LogP contribution in [0.25, 0.3) is 0 Å². The second-order valence-electron chi connectivity index (χ2n) is 4.09. The molecule has 0 unspecified atom stereocenters. The van der Waals surface area contributed by atoms with Crippen molar-refractivity contribution in [1.82, 2.24) is 4.98 Å². The molecule has 1 aromatic heterocycles. The molecule has 0 aliphatic carbocycles. The fourth-order valence-electron chi connectivity index (χ4n) is 1.64. The van der Waals surface area contributed by atoms with Gasteiger partial charge in [0.2, 0.25) is 0 Å². The molecule has 0 fully saturated rings. The molecule has 0 radical (unpaired) electrons. The lowest BCUT2D eigenvalue weighted by Gasteiger charge is -2.06. The number of sulfonamides is 1. The second kappa shape index (κ2) is 5.22. The Kier molecular flexibility index (Phi) is 3.78. The normalized spacial score (nSPS) is 11.3. The first kappa shape index (κ1) is 14.5. The molecule has 2 rings (SSSR count). The zero-order chi connectivity index (χ0) is 14.9. The van der Waals surface area contributed by atoms with Gasteiger partial charge in [0.25, 0.3) is 10.0 Å². The quantitative estimate of drug-likeness (QED) is 0.902. The van der Waals surface area contributed by atoms with Gasteiger partial charge in [0.15, 0.2) is 4.21 Å². The van der Waals surface area contributed by atoms with E-state index in [0.29, 0.717) is 16.4 Å². The predicted octanol–water partition coefficient (Wildman–Crippen LogP) is 2.26. The maximum absolute atomic E-state index is 12.2. The van der Waals surface area contributed by atoms with Gasteiger partial charge in [-0.25, -0.2) is 18.2 Å². The van der Waals surface area contributed by atoms with Crippen LogP contribution < -0.4 is 4.72 Å². The lowest BCUT2D eigenvalue weighted by molar-refractivity contribution is 0.0697. The van der Waals surface area contributed by atoms with Gasteiger partial charge in [-0.3, -0.25) is 4.72 Å². The van der Waals surface area contributed by atoms with E-state index in [9.17, 15) is 13.2 Å². The first-order valence-electron chi connectivity index (χ1n) is 5.60. The number of rotatable bonds is 4. The van der Waals surface area contributed by atoms with Crippen molar-refractivity contribution in [1.29, 1.82) is 0 Å². The van der Waals surface area contributed by atoms with E-state index in [2.05, 4.69) is 9.71 Å². The number of benzene rings is 1. The summed E-state index contributed by atoms with van der Waals surface area (Å²) in [4.78, 5) is 14.8. The van der Waals surface area contributed by atoms with E-state index in [4.69, 9.17) is 5.11 Å². The Bertz CT molecular complexity index is 748. The molecule has 0 amide bonds. The summed E-state index contributed by atoms with van der Waals surface area (Å²) in [6.45, 7) is 3.37. The van der Waals surface area contributed by atoms with Crippen LogP contribution in [0.3, 0.4) is 0 Å². The molecule has 20 heavy (non-hydrogen) atoms. The topological polar surface area (TPSA) is 96.4 Å². The molecule has 2 N–H and O–H groups in total. The molecule has 0 aliphatic rings. The minimum atomic E-state index is -3.70. The van der Waals surface area contributed by atoms with E-state index in [1.54, 1.807) is 13.8 Å². The molecule has 0 bridgehead atoms.